The number of unbranched alkanes of at least 4 members (excludes halogenated alkanes) is 13. The Morgan fingerprint density at radius 2 is 1.36 bits per heavy atom. The zero-order valence-corrected chi connectivity index (χ0v) is 25.0. The molecule has 0 unspecified atom stereocenters. The number of halogens is 1. The minimum absolute atomic E-state index is 0.0130. The largest absolute Gasteiger partial charge is 0.356 e. The van der Waals surface area contributed by atoms with Crippen LogP contribution in [0, 0.1) is 0 Å². The van der Waals surface area contributed by atoms with Crippen LogP contribution in [0.3, 0.4) is 0 Å². The Kier molecular flexibility index (Phi) is 15.1. The maximum Gasteiger partial charge on any atom is 0.224 e. The molecule has 0 aliphatic heterocycles. The van der Waals surface area contributed by atoms with Gasteiger partial charge in [-0.15, -0.1) is 0 Å². The van der Waals surface area contributed by atoms with E-state index < -0.39 is 0 Å². The predicted octanol–water partition coefficient (Wildman–Crippen LogP) is 9.46. The lowest BCUT2D eigenvalue weighted by molar-refractivity contribution is -0.120. The highest BCUT2D eigenvalue weighted by Gasteiger charge is 2.11. The molecule has 214 valence electrons. The molecule has 4 nitrogen and oxygen atoms in total. The minimum Gasteiger partial charge on any atom is -0.356 e. The van der Waals surface area contributed by atoms with E-state index in [9.17, 15) is 4.79 Å². The van der Waals surface area contributed by atoms with Crippen molar-refractivity contribution in [3.8, 4) is 0 Å². The highest BCUT2D eigenvalue weighted by atomic mass is 35.5. The first-order chi connectivity index (χ1) is 19.2. The van der Waals surface area contributed by atoms with Gasteiger partial charge in [0.25, 0.3) is 0 Å². The summed E-state index contributed by atoms with van der Waals surface area (Å²) in [5.74, 6) is 1.14. The van der Waals surface area contributed by atoms with Gasteiger partial charge >= 0.3 is 0 Å². The molecule has 3 rings (SSSR count). The molecule has 0 fully saturated rings. The van der Waals surface area contributed by atoms with Gasteiger partial charge in [0.2, 0.25) is 5.91 Å². The summed E-state index contributed by atoms with van der Waals surface area (Å²) >= 11 is 6.19. The van der Waals surface area contributed by atoms with Crippen LogP contribution in [0.5, 0.6) is 0 Å². The molecular weight excluding hydrogens is 502 g/mol. The number of rotatable bonds is 21. The van der Waals surface area contributed by atoms with Crippen molar-refractivity contribution in [3.63, 3.8) is 0 Å². The van der Waals surface area contributed by atoms with Crippen LogP contribution in [0.1, 0.15) is 115 Å². The van der Waals surface area contributed by atoms with Gasteiger partial charge in [0, 0.05) is 24.5 Å². The number of hydrogen-bond donors (Lipinski definition) is 1. The quantitative estimate of drug-likeness (QED) is 0.134. The first-order valence-electron chi connectivity index (χ1n) is 15.6. The molecule has 0 radical (unpaired) electrons. The van der Waals surface area contributed by atoms with E-state index in [4.69, 9.17) is 16.6 Å². The number of nitrogens with zero attached hydrogens (tertiary/aromatic N) is 2. The second-order valence-corrected chi connectivity index (χ2v) is 11.4. The molecule has 0 aliphatic carbocycles. The lowest BCUT2D eigenvalue weighted by Gasteiger charge is -2.10. The van der Waals surface area contributed by atoms with E-state index in [0.717, 1.165) is 36.3 Å². The number of para-hydroxylation sites is 2. The van der Waals surface area contributed by atoms with Crippen molar-refractivity contribution in [3.05, 3.63) is 64.9 Å². The fraction of sp³-hybridized carbons (Fsp3) is 0.588. The third-order valence-electron chi connectivity index (χ3n) is 7.68. The minimum atomic E-state index is 0.0130. The van der Waals surface area contributed by atoms with Gasteiger partial charge in [0.15, 0.2) is 0 Å². The number of hydrogen-bond acceptors (Lipinski definition) is 2. The number of benzene rings is 2. The SMILES string of the molecule is CCCCCCCCCCCCCCCCn1c(CCCNC(=O)Cc2ccccc2Cl)nc2ccccc21. The molecule has 1 amide bonds. The van der Waals surface area contributed by atoms with Crippen molar-refractivity contribution in [2.24, 2.45) is 0 Å². The van der Waals surface area contributed by atoms with E-state index in [2.05, 4.69) is 41.1 Å². The van der Waals surface area contributed by atoms with Crippen molar-refractivity contribution in [1.82, 2.24) is 14.9 Å². The third kappa shape index (κ3) is 11.7. The first kappa shape index (κ1) is 31.2. The summed E-state index contributed by atoms with van der Waals surface area (Å²) in [5.41, 5.74) is 3.16. The summed E-state index contributed by atoms with van der Waals surface area (Å²) in [7, 11) is 0. The van der Waals surface area contributed by atoms with Crippen LogP contribution in [0.15, 0.2) is 48.5 Å². The first-order valence-corrected chi connectivity index (χ1v) is 16.0. The second-order valence-electron chi connectivity index (χ2n) is 11.0. The molecule has 2 aromatic carbocycles. The molecule has 3 aromatic rings. The third-order valence-corrected chi connectivity index (χ3v) is 8.05. The molecule has 1 aromatic heterocycles. The molecule has 1 N–H and O–H groups in total. The van der Waals surface area contributed by atoms with E-state index in [-0.39, 0.29) is 5.91 Å². The normalized spacial score (nSPS) is 11.3. The van der Waals surface area contributed by atoms with E-state index in [1.165, 1.54) is 95.4 Å². The van der Waals surface area contributed by atoms with Gasteiger partial charge in [-0.2, -0.15) is 0 Å². The van der Waals surface area contributed by atoms with E-state index in [1.807, 2.05) is 24.3 Å². The van der Waals surface area contributed by atoms with E-state index in [1.54, 1.807) is 0 Å². The van der Waals surface area contributed by atoms with Crippen LogP contribution in [0.25, 0.3) is 11.0 Å². The van der Waals surface area contributed by atoms with Gasteiger partial charge in [-0.3, -0.25) is 4.79 Å². The number of aryl methyl sites for hydroxylation is 2. The number of nitrogens with one attached hydrogen (secondary N) is 1. The molecular formula is C34H50ClN3O. The van der Waals surface area contributed by atoms with Gasteiger partial charge in [0.05, 0.1) is 17.5 Å². The standard InChI is InChI=1S/C34H50ClN3O/c1-2-3-4-5-6-7-8-9-10-11-12-13-14-19-27-38-32-24-18-17-23-31(32)37-33(38)25-20-26-36-34(39)28-29-21-15-16-22-30(29)35/h15-18,21-24H,2-14,19-20,25-28H2,1H3,(H,36,39). The number of amides is 1. The number of carbonyl (C=O) groups excluding carboxylic acids is 1. The van der Waals surface area contributed by atoms with Crippen molar-refractivity contribution >= 4 is 28.5 Å². The molecule has 1 heterocycles. The maximum absolute atomic E-state index is 12.4. The van der Waals surface area contributed by atoms with Crippen molar-refractivity contribution < 1.29 is 4.79 Å². The molecule has 0 aliphatic rings. The van der Waals surface area contributed by atoms with Crippen molar-refractivity contribution in [1.29, 1.82) is 0 Å². The summed E-state index contributed by atoms with van der Waals surface area (Å²) in [6.07, 6.45) is 21.3. The number of imidazole rings is 1. The Balaban J connectivity index is 1.31. The fourth-order valence-electron chi connectivity index (χ4n) is 5.38. The van der Waals surface area contributed by atoms with Gasteiger partial charge in [-0.05, 0) is 36.6 Å². The summed E-state index contributed by atoms with van der Waals surface area (Å²) < 4.78 is 2.40. The Bertz CT molecular complexity index is 1090. The van der Waals surface area contributed by atoms with Crippen LogP contribution < -0.4 is 5.32 Å². The van der Waals surface area contributed by atoms with Gasteiger partial charge in [-0.1, -0.05) is 132 Å². The smallest absolute Gasteiger partial charge is 0.224 e. The molecule has 0 saturated carbocycles. The summed E-state index contributed by atoms with van der Waals surface area (Å²) in [5, 5.41) is 3.69. The van der Waals surface area contributed by atoms with Crippen LogP contribution in [0.4, 0.5) is 0 Å². The Morgan fingerprint density at radius 3 is 2.03 bits per heavy atom. The lowest BCUT2D eigenvalue weighted by atomic mass is 10.0. The average molecular weight is 552 g/mol. The van der Waals surface area contributed by atoms with Gasteiger partial charge in [-0.25, -0.2) is 4.98 Å². The molecule has 0 bridgehead atoms. The monoisotopic (exact) mass is 551 g/mol. The lowest BCUT2D eigenvalue weighted by Crippen LogP contribution is -2.26. The van der Waals surface area contributed by atoms with Crippen molar-refractivity contribution in [2.45, 2.75) is 123 Å². The van der Waals surface area contributed by atoms with Crippen LogP contribution >= 0.6 is 11.6 Å². The average Bonchev–Trinajstić information content (AvgIpc) is 3.30. The zero-order valence-electron chi connectivity index (χ0n) is 24.2. The van der Waals surface area contributed by atoms with Gasteiger partial charge < -0.3 is 9.88 Å². The fourth-order valence-corrected chi connectivity index (χ4v) is 5.58. The highest BCUT2D eigenvalue weighted by Crippen LogP contribution is 2.19. The maximum atomic E-state index is 12.4. The zero-order chi connectivity index (χ0) is 27.5. The predicted molar refractivity (Wildman–Crippen MR) is 167 cm³/mol. The summed E-state index contributed by atoms with van der Waals surface area (Å²) in [6, 6.07) is 16.0. The summed E-state index contributed by atoms with van der Waals surface area (Å²) in [6.45, 7) is 3.95. The highest BCUT2D eigenvalue weighted by molar-refractivity contribution is 6.31. The van der Waals surface area contributed by atoms with Crippen LogP contribution in [-0.4, -0.2) is 22.0 Å². The summed E-state index contributed by atoms with van der Waals surface area (Å²) in [4.78, 5) is 17.3. The van der Waals surface area contributed by atoms with Crippen molar-refractivity contribution in [2.75, 3.05) is 6.54 Å². The molecule has 0 atom stereocenters. The topological polar surface area (TPSA) is 46.9 Å². The molecule has 0 spiro atoms. The Labute approximate surface area is 241 Å². The molecule has 5 heteroatoms. The van der Waals surface area contributed by atoms with Gasteiger partial charge in [0.1, 0.15) is 5.82 Å². The second kappa shape index (κ2) is 18.9. The Morgan fingerprint density at radius 1 is 0.769 bits per heavy atom. The molecule has 39 heavy (non-hydrogen) atoms. The van der Waals surface area contributed by atoms with Crippen LogP contribution in [-0.2, 0) is 24.2 Å². The van der Waals surface area contributed by atoms with E-state index >= 15 is 0 Å². The van der Waals surface area contributed by atoms with Crippen LogP contribution in [0.2, 0.25) is 5.02 Å². The Hall–Kier alpha value is -2.33. The number of aromatic nitrogens is 2. The van der Waals surface area contributed by atoms with E-state index in [0.29, 0.717) is 18.0 Å². The molecule has 0 saturated heterocycles. The number of carbonyl (C=O) groups is 1. The number of fused-ring (bicyclic) bond motifs is 1.